The van der Waals surface area contributed by atoms with E-state index in [1.165, 1.54) is 24.8 Å². The molecule has 2 rings (SSSR count). The molecule has 1 aliphatic carbocycles. The number of guanidine groups is 1. The molecule has 0 spiro atoms. The normalized spacial score (nSPS) is 20.7. The number of aliphatic imine (C=N–C) groups is 1. The molecule has 0 atom stereocenters. The molecule has 5 heteroatoms. The number of ether oxygens (including phenoxy) is 1. The molecule has 0 bridgehead atoms. The summed E-state index contributed by atoms with van der Waals surface area (Å²) in [5.41, 5.74) is 7.28. The smallest absolute Gasteiger partial charge is 0.188 e. The largest absolute Gasteiger partial charge is 0.377 e. The fourth-order valence-electron chi connectivity index (χ4n) is 2.10. The van der Waals surface area contributed by atoms with E-state index in [1.54, 1.807) is 0 Å². The van der Waals surface area contributed by atoms with Gasteiger partial charge in [0, 0.05) is 13.1 Å². The lowest BCUT2D eigenvalue weighted by molar-refractivity contribution is 0.153. The van der Waals surface area contributed by atoms with Crippen LogP contribution in [0, 0.1) is 5.92 Å². The van der Waals surface area contributed by atoms with Gasteiger partial charge in [0.2, 0.25) is 0 Å². The van der Waals surface area contributed by atoms with Gasteiger partial charge in [-0.3, -0.25) is 4.99 Å². The zero-order valence-electron chi connectivity index (χ0n) is 10.9. The SMILES string of the molecule is I.NC(=NCC1CCC1)NCCC1=CCOCC1. The fourth-order valence-corrected chi connectivity index (χ4v) is 2.10. The van der Waals surface area contributed by atoms with E-state index in [9.17, 15) is 0 Å². The number of halogens is 1. The van der Waals surface area contributed by atoms with E-state index in [-0.39, 0.29) is 24.0 Å². The predicted molar refractivity (Wildman–Crippen MR) is 85.4 cm³/mol. The summed E-state index contributed by atoms with van der Waals surface area (Å²) in [5, 5.41) is 3.18. The third-order valence-electron chi connectivity index (χ3n) is 3.55. The standard InChI is InChI=1S/C13H23N3O.HI/c14-13(16-10-12-2-1-3-12)15-7-4-11-5-8-17-9-6-11;/h5,12H,1-4,6-10H2,(H3,14,15,16);1H. The summed E-state index contributed by atoms with van der Waals surface area (Å²) in [4.78, 5) is 4.37. The maximum absolute atomic E-state index is 5.81. The zero-order chi connectivity index (χ0) is 11.9. The molecule has 0 radical (unpaired) electrons. The van der Waals surface area contributed by atoms with Gasteiger partial charge in [-0.05, 0) is 31.6 Å². The second-order valence-electron chi connectivity index (χ2n) is 4.89. The van der Waals surface area contributed by atoms with Crippen molar-refractivity contribution in [3.63, 3.8) is 0 Å². The highest BCUT2D eigenvalue weighted by molar-refractivity contribution is 14.0. The molecule has 1 fully saturated rings. The zero-order valence-corrected chi connectivity index (χ0v) is 13.2. The molecule has 0 aromatic heterocycles. The Bertz CT molecular complexity index is 301. The second kappa shape index (κ2) is 8.74. The van der Waals surface area contributed by atoms with Crippen molar-refractivity contribution in [1.82, 2.24) is 5.32 Å². The molecule has 0 saturated heterocycles. The van der Waals surface area contributed by atoms with Crippen LogP contribution in [-0.4, -0.2) is 32.3 Å². The Hall–Kier alpha value is -0.300. The van der Waals surface area contributed by atoms with Crippen molar-refractivity contribution < 1.29 is 4.74 Å². The van der Waals surface area contributed by atoms with E-state index >= 15 is 0 Å². The lowest BCUT2D eigenvalue weighted by atomic mass is 9.86. The monoisotopic (exact) mass is 365 g/mol. The Balaban J connectivity index is 0.00000162. The van der Waals surface area contributed by atoms with Gasteiger partial charge >= 0.3 is 0 Å². The van der Waals surface area contributed by atoms with Crippen molar-refractivity contribution in [3.05, 3.63) is 11.6 Å². The fraction of sp³-hybridized carbons (Fsp3) is 0.769. The predicted octanol–water partition coefficient (Wildman–Crippen LogP) is 2.05. The third-order valence-corrected chi connectivity index (χ3v) is 3.55. The van der Waals surface area contributed by atoms with Crippen LogP contribution >= 0.6 is 24.0 Å². The number of hydrogen-bond acceptors (Lipinski definition) is 2. The first-order valence-electron chi connectivity index (χ1n) is 6.64. The Morgan fingerprint density at radius 2 is 2.33 bits per heavy atom. The van der Waals surface area contributed by atoms with Gasteiger partial charge in [-0.1, -0.05) is 18.1 Å². The van der Waals surface area contributed by atoms with Gasteiger partial charge in [-0.25, -0.2) is 0 Å². The maximum atomic E-state index is 5.81. The maximum Gasteiger partial charge on any atom is 0.188 e. The van der Waals surface area contributed by atoms with Crippen molar-refractivity contribution in [1.29, 1.82) is 0 Å². The first-order chi connectivity index (χ1) is 8.34. The number of nitrogens with two attached hydrogens (primary N) is 1. The Labute approximate surface area is 126 Å². The van der Waals surface area contributed by atoms with Crippen LogP contribution in [0.4, 0.5) is 0 Å². The lowest BCUT2D eigenvalue weighted by Crippen LogP contribution is -2.33. The molecule has 0 unspecified atom stereocenters. The summed E-state index contributed by atoms with van der Waals surface area (Å²) in [6.07, 6.45) is 8.29. The molecule has 18 heavy (non-hydrogen) atoms. The minimum atomic E-state index is 0. The Morgan fingerprint density at radius 3 is 2.94 bits per heavy atom. The Morgan fingerprint density at radius 1 is 1.50 bits per heavy atom. The van der Waals surface area contributed by atoms with Crippen molar-refractivity contribution in [3.8, 4) is 0 Å². The van der Waals surface area contributed by atoms with Gasteiger partial charge in [0.15, 0.2) is 5.96 Å². The van der Waals surface area contributed by atoms with Crippen molar-refractivity contribution in [2.75, 3.05) is 26.3 Å². The van der Waals surface area contributed by atoms with E-state index in [4.69, 9.17) is 10.5 Å². The summed E-state index contributed by atoms with van der Waals surface area (Å²) in [6.45, 7) is 3.40. The summed E-state index contributed by atoms with van der Waals surface area (Å²) < 4.78 is 5.27. The first kappa shape index (κ1) is 15.8. The van der Waals surface area contributed by atoms with E-state index in [2.05, 4.69) is 16.4 Å². The van der Waals surface area contributed by atoms with E-state index in [0.29, 0.717) is 5.96 Å². The average Bonchev–Trinajstić information content (AvgIpc) is 2.28. The van der Waals surface area contributed by atoms with Crippen LogP contribution < -0.4 is 11.1 Å². The number of nitrogens with zero attached hydrogens (tertiary/aromatic N) is 1. The van der Waals surface area contributed by atoms with Crippen LogP contribution in [-0.2, 0) is 4.74 Å². The van der Waals surface area contributed by atoms with Gasteiger partial charge in [0.1, 0.15) is 0 Å². The van der Waals surface area contributed by atoms with Crippen LogP contribution in [0.3, 0.4) is 0 Å². The van der Waals surface area contributed by atoms with E-state index in [0.717, 1.165) is 45.1 Å². The molecule has 0 amide bonds. The molecule has 104 valence electrons. The van der Waals surface area contributed by atoms with Gasteiger partial charge < -0.3 is 15.8 Å². The molecular formula is C13H24IN3O. The summed E-state index contributed by atoms with van der Waals surface area (Å²) in [5.74, 6) is 1.39. The molecule has 2 aliphatic rings. The molecule has 1 saturated carbocycles. The van der Waals surface area contributed by atoms with Crippen molar-refractivity contribution >= 4 is 29.9 Å². The van der Waals surface area contributed by atoms with Gasteiger partial charge in [-0.2, -0.15) is 0 Å². The van der Waals surface area contributed by atoms with E-state index < -0.39 is 0 Å². The van der Waals surface area contributed by atoms with Crippen LogP contribution in [0.1, 0.15) is 32.1 Å². The molecular weight excluding hydrogens is 341 g/mol. The Kier molecular flexibility index (Phi) is 7.65. The quantitative estimate of drug-likeness (QED) is 0.339. The highest BCUT2D eigenvalue weighted by Gasteiger charge is 2.16. The topological polar surface area (TPSA) is 59.6 Å². The van der Waals surface area contributed by atoms with Crippen molar-refractivity contribution in [2.45, 2.75) is 32.1 Å². The van der Waals surface area contributed by atoms with Gasteiger partial charge in [-0.15, -0.1) is 24.0 Å². The van der Waals surface area contributed by atoms with Crippen LogP contribution in [0.25, 0.3) is 0 Å². The molecule has 1 heterocycles. The van der Waals surface area contributed by atoms with E-state index in [1.807, 2.05) is 0 Å². The average molecular weight is 365 g/mol. The number of nitrogens with one attached hydrogen (secondary N) is 1. The molecule has 4 nitrogen and oxygen atoms in total. The molecule has 1 aliphatic heterocycles. The highest BCUT2D eigenvalue weighted by Crippen LogP contribution is 2.26. The molecule has 0 aromatic rings. The first-order valence-corrected chi connectivity index (χ1v) is 6.64. The van der Waals surface area contributed by atoms with Crippen LogP contribution in [0.2, 0.25) is 0 Å². The third kappa shape index (κ3) is 5.56. The molecule has 3 N–H and O–H groups in total. The molecule has 0 aromatic carbocycles. The van der Waals surface area contributed by atoms with Crippen LogP contribution in [0.15, 0.2) is 16.6 Å². The summed E-state index contributed by atoms with van der Waals surface area (Å²) >= 11 is 0. The summed E-state index contributed by atoms with van der Waals surface area (Å²) in [7, 11) is 0. The van der Waals surface area contributed by atoms with Gasteiger partial charge in [0.05, 0.1) is 13.2 Å². The summed E-state index contributed by atoms with van der Waals surface area (Å²) in [6, 6.07) is 0. The second-order valence-corrected chi connectivity index (χ2v) is 4.89. The number of rotatable bonds is 5. The minimum absolute atomic E-state index is 0. The van der Waals surface area contributed by atoms with Crippen molar-refractivity contribution in [2.24, 2.45) is 16.6 Å². The minimum Gasteiger partial charge on any atom is -0.377 e. The number of hydrogen-bond donors (Lipinski definition) is 2. The lowest BCUT2D eigenvalue weighted by Gasteiger charge is -2.23. The van der Waals surface area contributed by atoms with Crippen LogP contribution in [0.5, 0.6) is 0 Å². The van der Waals surface area contributed by atoms with Gasteiger partial charge in [0.25, 0.3) is 0 Å². The highest BCUT2D eigenvalue weighted by atomic mass is 127.